The smallest absolute Gasteiger partial charge is 0.273 e. The van der Waals surface area contributed by atoms with Crippen molar-refractivity contribution >= 4 is 11.6 Å². The number of para-hydroxylation sites is 1. The summed E-state index contributed by atoms with van der Waals surface area (Å²) >= 11 is 0. The number of fused-ring (bicyclic) bond motifs is 1. The van der Waals surface area contributed by atoms with Gasteiger partial charge < -0.3 is 5.32 Å². The fourth-order valence-corrected chi connectivity index (χ4v) is 2.96. The first kappa shape index (κ1) is 14.3. The number of nitrogens with zero attached hydrogens (tertiary/aromatic N) is 1. The van der Waals surface area contributed by atoms with Gasteiger partial charge in [0.2, 0.25) is 5.91 Å². The van der Waals surface area contributed by atoms with Crippen LogP contribution >= 0.6 is 0 Å². The number of carbonyl (C=O) groups excluding carboxylic acids is 1. The second-order valence-electron chi connectivity index (χ2n) is 5.42. The Bertz CT molecular complexity index is 727. The lowest BCUT2D eigenvalue weighted by Crippen LogP contribution is -2.28. The van der Waals surface area contributed by atoms with Gasteiger partial charge in [-0.15, -0.1) is 0 Å². The molecule has 0 radical (unpaired) electrons. The molecule has 0 saturated heterocycles. The first-order valence-corrected chi connectivity index (χ1v) is 7.24. The normalized spacial score (nSPS) is 16.1. The van der Waals surface area contributed by atoms with Crippen LogP contribution in [0.4, 0.5) is 5.69 Å². The van der Waals surface area contributed by atoms with Gasteiger partial charge in [-0.25, -0.2) is 0 Å². The fraction of sp³-hybridized carbons (Fsp3) is 0.235. The van der Waals surface area contributed by atoms with Gasteiger partial charge in [-0.2, -0.15) is 0 Å². The van der Waals surface area contributed by atoms with Crippen molar-refractivity contribution in [1.82, 2.24) is 5.32 Å². The topological polar surface area (TPSA) is 72.2 Å². The molecule has 3 rings (SSSR count). The Morgan fingerprint density at radius 2 is 1.91 bits per heavy atom. The van der Waals surface area contributed by atoms with Crippen molar-refractivity contribution in [2.45, 2.75) is 25.3 Å². The highest BCUT2D eigenvalue weighted by molar-refractivity contribution is 5.80. The van der Waals surface area contributed by atoms with Crippen molar-refractivity contribution in [2.24, 2.45) is 0 Å². The van der Waals surface area contributed by atoms with Gasteiger partial charge >= 0.3 is 0 Å². The molecule has 1 aliphatic rings. The molecule has 112 valence electrons. The van der Waals surface area contributed by atoms with Gasteiger partial charge in [-0.05, 0) is 24.0 Å². The van der Waals surface area contributed by atoms with E-state index in [0.29, 0.717) is 5.56 Å². The SMILES string of the molecule is O=C(Cc1ccccc1[N+](=O)[O-])NC1CCc2ccccc21. The number of nitro groups is 1. The number of nitrogens with one attached hydrogen (secondary N) is 1. The number of hydrogen-bond acceptors (Lipinski definition) is 3. The van der Waals surface area contributed by atoms with Crippen LogP contribution in [0.5, 0.6) is 0 Å². The molecular weight excluding hydrogens is 280 g/mol. The van der Waals surface area contributed by atoms with E-state index in [1.165, 1.54) is 11.6 Å². The molecule has 5 heteroatoms. The maximum absolute atomic E-state index is 12.2. The van der Waals surface area contributed by atoms with Crippen LogP contribution < -0.4 is 5.32 Å². The zero-order chi connectivity index (χ0) is 15.5. The van der Waals surface area contributed by atoms with Crippen molar-refractivity contribution in [3.8, 4) is 0 Å². The van der Waals surface area contributed by atoms with Crippen molar-refractivity contribution in [1.29, 1.82) is 0 Å². The molecule has 0 bridgehead atoms. The Hall–Kier alpha value is -2.69. The third-order valence-electron chi connectivity index (χ3n) is 4.01. The number of carbonyl (C=O) groups is 1. The second-order valence-corrected chi connectivity index (χ2v) is 5.42. The maximum atomic E-state index is 12.2. The molecule has 5 nitrogen and oxygen atoms in total. The maximum Gasteiger partial charge on any atom is 0.273 e. The summed E-state index contributed by atoms with van der Waals surface area (Å²) in [5.41, 5.74) is 2.85. The van der Waals surface area contributed by atoms with Crippen LogP contribution in [0.2, 0.25) is 0 Å². The molecule has 22 heavy (non-hydrogen) atoms. The van der Waals surface area contributed by atoms with Crippen LogP contribution in [0.1, 0.15) is 29.2 Å². The van der Waals surface area contributed by atoms with E-state index in [0.717, 1.165) is 18.4 Å². The number of nitro benzene ring substituents is 1. The molecule has 0 spiro atoms. The summed E-state index contributed by atoms with van der Waals surface area (Å²) in [4.78, 5) is 22.8. The van der Waals surface area contributed by atoms with E-state index in [-0.39, 0.29) is 24.1 Å². The lowest BCUT2D eigenvalue weighted by atomic mass is 10.1. The average Bonchev–Trinajstić information content (AvgIpc) is 2.91. The first-order chi connectivity index (χ1) is 10.6. The molecule has 2 aromatic rings. The van der Waals surface area contributed by atoms with Crippen molar-refractivity contribution in [3.05, 3.63) is 75.3 Å². The van der Waals surface area contributed by atoms with E-state index >= 15 is 0 Å². The molecule has 1 N–H and O–H groups in total. The van der Waals surface area contributed by atoms with Gasteiger partial charge in [0.15, 0.2) is 0 Å². The van der Waals surface area contributed by atoms with Gasteiger partial charge in [0, 0.05) is 11.6 Å². The molecule has 0 aliphatic heterocycles. The van der Waals surface area contributed by atoms with Crippen LogP contribution in [0.3, 0.4) is 0 Å². The quantitative estimate of drug-likeness (QED) is 0.696. The van der Waals surface area contributed by atoms with E-state index in [2.05, 4.69) is 11.4 Å². The van der Waals surface area contributed by atoms with Crippen molar-refractivity contribution in [2.75, 3.05) is 0 Å². The second kappa shape index (κ2) is 5.97. The van der Waals surface area contributed by atoms with E-state index in [1.807, 2.05) is 18.2 Å². The predicted octanol–water partition coefficient (Wildman–Crippen LogP) is 2.94. The van der Waals surface area contributed by atoms with Gasteiger partial charge in [-0.3, -0.25) is 14.9 Å². The highest BCUT2D eigenvalue weighted by Crippen LogP contribution is 2.30. The summed E-state index contributed by atoms with van der Waals surface area (Å²) in [6, 6.07) is 14.4. The largest absolute Gasteiger partial charge is 0.349 e. The Labute approximate surface area is 128 Å². The summed E-state index contributed by atoms with van der Waals surface area (Å²) in [5, 5.41) is 14.0. The molecule has 0 heterocycles. The minimum absolute atomic E-state index is 0.00599. The predicted molar refractivity (Wildman–Crippen MR) is 82.4 cm³/mol. The van der Waals surface area contributed by atoms with Crippen LogP contribution in [0.25, 0.3) is 0 Å². The van der Waals surface area contributed by atoms with Crippen LogP contribution in [0.15, 0.2) is 48.5 Å². The molecule has 2 aromatic carbocycles. The fourth-order valence-electron chi connectivity index (χ4n) is 2.96. The third kappa shape index (κ3) is 2.83. The minimum Gasteiger partial charge on any atom is -0.349 e. The Morgan fingerprint density at radius 1 is 1.18 bits per heavy atom. The Kier molecular flexibility index (Phi) is 3.87. The molecule has 0 aromatic heterocycles. The van der Waals surface area contributed by atoms with E-state index in [1.54, 1.807) is 18.2 Å². The molecule has 1 aliphatic carbocycles. The summed E-state index contributed by atoms with van der Waals surface area (Å²) in [6.45, 7) is 0. The standard InChI is InChI=1S/C17H16N2O3/c20-17(11-13-6-2-4-8-16(13)19(21)22)18-15-10-9-12-5-1-3-7-14(12)15/h1-8,15H,9-11H2,(H,18,20). The van der Waals surface area contributed by atoms with E-state index in [9.17, 15) is 14.9 Å². The number of benzene rings is 2. The summed E-state index contributed by atoms with van der Waals surface area (Å²) in [5.74, 6) is -0.184. The molecule has 0 saturated carbocycles. The number of aryl methyl sites for hydroxylation is 1. The van der Waals surface area contributed by atoms with Gasteiger partial charge in [-0.1, -0.05) is 42.5 Å². The van der Waals surface area contributed by atoms with Crippen molar-refractivity contribution in [3.63, 3.8) is 0 Å². The van der Waals surface area contributed by atoms with Gasteiger partial charge in [0.1, 0.15) is 0 Å². The Balaban J connectivity index is 1.71. The zero-order valence-corrected chi connectivity index (χ0v) is 12.0. The van der Waals surface area contributed by atoms with Crippen LogP contribution in [-0.4, -0.2) is 10.8 Å². The summed E-state index contributed by atoms with van der Waals surface area (Å²) < 4.78 is 0. The lowest BCUT2D eigenvalue weighted by Gasteiger charge is -2.14. The molecule has 1 atom stereocenters. The van der Waals surface area contributed by atoms with Crippen molar-refractivity contribution < 1.29 is 9.72 Å². The first-order valence-electron chi connectivity index (χ1n) is 7.24. The third-order valence-corrected chi connectivity index (χ3v) is 4.01. The number of hydrogen-bond donors (Lipinski definition) is 1. The molecule has 1 unspecified atom stereocenters. The highest BCUT2D eigenvalue weighted by Gasteiger charge is 2.24. The number of amides is 1. The van der Waals surface area contributed by atoms with Gasteiger partial charge in [0.05, 0.1) is 17.4 Å². The molecule has 1 amide bonds. The van der Waals surface area contributed by atoms with Crippen LogP contribution in [0, 0.1) is 10.1 Å². The summed E-state index contributed by atoms with van der Waals surface area (Å²) in [6.07, 6.45) is 1.85. The van der Waals surface area contributed by atoms with Gasteiger partial charge in [0.25, 0.3) is 5.69 Å². The van der Waals surface area contributed by atoms with E-state index < -0.39 is 4.92 Å². The average molecular weight is 296 g/mol. The lowest BCUT2D eigenvalue weighted by molar-refractivity contribution is -0.385. The molecular formula is C17H16N2O3. The highest BCUT2D eigenvalue weighted by atomic mass is 16.6. The monoisotopic (exact) mass is 296 g/mol. The summed E-state index contributed by atoms with van der Waals surface area (Å²) in [7, 11) is 0. The minimum atomic E-state index is -0.451. The zero-order valence-electron chi connectivity index (χ0n) is 12.0. The van der Waals surface area contributed by atoms with Crippen LogP contribution in [-0.2, 0) is 17.6 Å². The van der Waals surface area contributed by atoms with E-state index in [4.69, 9.17) is 0 Å². The molecule has 0 fully saturated rings. The number of rotatable bonds is 4. The Morgan fingerprint density at radius 3 is 2.73 bits per heavy atom.